The van der Waals surface area contributed by atoms with Crippen LogP contribution in [0.2, 0.25) is 0 Å². The Bertz CT molecular complexity index is 1140. The number of hydrogen-bond donors (Lipinski definition) is 0. The number of ether oxygens (including phenoxy) is 2. The summed E-state index contributed by atoms with van der Waals surface area (Å²) in [6.07, 6.45) is 0.667. The van der Waals surface area contributed by atoms with Crippen LogP contribution in [0.4, 0.5) is 0 Å². The number of hydrogen-bond acceptors (Lipinski definition) is 5. The number of nitrogens with zero attached hydrogens (tertiary/aromatic N) is 3. The molecule has 1 aliphatic rings. The first kappa shape index (κ1) is 22.3. The molecule has 2 heterocycles. The lowest BCUT2D eigenvalue weighted by Crippen LogP contribution is -2.51. The number of rotatable bonds is 8. The largest absolute Gasteiger partial charge is 0.487 e. The van der Waals surface area contributed by atoms with Crippen LogP contribution in [0.5, 0.6) is 5.75 Å². The highest BCUT2D eigenvalue weighted by atomic mass is 79.9. The van der Waals surface area contributed by atoms with Gasteiger partial charge in [-0.05, 0) is 31.2 Å². The molecule has 2 aromatic carbocycles. The van der Waals surface area contributed by atoms with Gasteiger partial charge in [-0.3, -0.25) is 14.3 Å². The Morgan fingerprint density at radius 1 is 1.16 bits per heavy atom. The Morgan fingerprint density at radius 2 is 1.94 bits per heavy atom. The molecule has 4 rings (SSSR count). The fraction of sp³-hybridized carbons (Fsp3) is 0.375. The van der Waals surface area contributed by atoms with Crippen molar-refractivity contribution in [2.75, 3.05) is 19.7 Å². The molecular weight excluding hydrogens is 474 g/mol. The van der Waals surface area contributed by atoms with Gasteiger partial charge in [0.05, 0.1) is 30.3 Å². The molecule has 32 heavy (non-hydrogen) atoms. The van der Waals surface area contributed by atoms with Gasteiger partial charge in [0.15, 0.2) is 0 Å². The lowest BCUT2D eigenvalue weighted by atomic mass is 10.1. The quantitative estimate of drug-likeness (QED) is 0.432. The van der Waals surface area contributed by atoms with Crippen molar-refractivity contribution in [3.63, 3.8) is 0 Å². The third-order valence-corrected chi connectivity index (χ3v) is 6.10. The second-order valence-electron chi connectivity index (χ2n) is 7.74. The van der Waals surface area contributed by atoms with Crippen molar-refractivity contribution in [2.45, 2.75) is 39.3 Å². The summed E-state index contributed by atoms with van der Waals surface area (Å²) < 4.78 is 14.2. The molecule has 0 unspecified atom stereocenters. The van der Waals surface area contributed by atoms with Crippen LogP contribution < -0.4 is 4.74 Å². The smallest absolute Gasteiger partial charge is 0.310 e. The summed E-state index contributed by atoms with van der Waals surface area (Å²) in [6, 6.07) is 13.6. The zero-order valence-corrected chi connectivity index (χ0v) is 19.8. The Kier molecular flexibility index (Phi) is 6.79. The molecule has 0 N–H and O–H groups in total. The highest BCUT2D eigenvalue weighted by Crippen LogP contribution is 2.31. The third-order valence-electron chi connectivity index (χ3n) is 5.60. The van der Waals surface area contributed by atoms with Crippen molar-refractivity contribution in [3.05, 3.63) is 58.2 Å². The first-order valence-corrected chi connectivity index (χ1v) is 11.6. The Morgan fingerprint density at radius 3 is 2.69 bits per heavy atom. The van der Waals surface area contributed by atoms with Gasteiger partial charge in [-0.2, -0.15) is 5.10 Å². The summed E-state index contributed by atoms with van der Waals surface area (Å²) in [4.78, 5) is 25.8. The number of para-hydroxylation sites is 1. The fourth-order valence-corrected chi connectivity index (χ4v) is 4.28. The van der Waals surface area contributed by atoms with E-state index in [1.165, 1.54) is 0 Å². The molecule has 1 aliphatic heterocycles. The van der Waals surface area contributed by atoms with Crippen molar-refractivity contribution in [2.24, 2.45) is 0 Å². The summed E-state index contributed by atoms with van der Waals surface area (Å²) in [6.45, 7) is 5.61. The van der Waals surface area contributed by atoms with Gasteiger partial charge in [0.1, 0.15) is 12.4 Å². The van der Waals surface area contributed by atoms with E-state index in [0.29, 0.717) is 38.5 Å². The Hall–Kier alpha value is -2.87. The number of halogens is 1. The second-order valence-corrected chi connectivity index (χ2v) is 8.65. The van der Waals surface area contributed by atoms with E-state index in [4.69, 9.17) is 14.6 Å². The molecule has 0 bridgehead atoms. The summed E-state index contributed by atoms with van der Waals surface area (Å²) in [5.74, 6) is 0.525. The first-order valence-electron chi connectivity index (χ1n) is 10.8. The number of fused-ring (bicyclic) bond motifs is 1. The molecule has 1 saturated heterocycles. The van der Waals surface area contributed by atoms with Crippen molar-refractivity contribution >= 4 is 38.7 Å². The second kappa shape index (κ2) is 9.73. The number of amides is 1. The van der Waals surface area contributed by atoms with Crippen LogP contribution >= 0.6 is 15.9 Å². The van der Waals surface area contributed by atoms with Gasteiger partial charge in [0.2, 0.25) is 5.91 Å². The average Bonchev–Trinajstić information content (AvgIpc) is 3.09. The molecule has 0 radical (unpaired) electrons. The molecule has 8 heteroatoms. The van der Waals surface area contributed by atoms with Gasteiger partial charge < -0.3 is 14.4 Å². The molecule has 0 saturated carbocycles. The van der Waals surface area contributed by atoms with Crippen molar-refractivity contribution in [3.8, 4) is 5.75 Å². The zero-order valence-electron chi connectivity index (χ0n) is 18.2. The number of benzene rings is 2. The van der Waals surface area contributed by atoms with Gasteiger partial charge in [0.25, 0.3) is 0 Å². The van der Waals surface area contributed by atoms with Crippen LogP contribution in [0.1, 0.15) is 37.6 Å². The van der Waals surface area contributed by atoms with Gasteiger partial charge in [-0.25, -0.2) is 0 Å². The van der Waals surface area contributed by atoms with Crippen LogP contribution in [0.3, 0.4) is 0 Å². The maximum Gasteiger partial charge on any atom is 0.310 e. The molecule has 0 aliphatic carbocycles. The summed E-state index contributed by atoms with van der Waals surface area (Å²) in [7, 11) is 0. The Labute approximate surface area is 195 Å². The molecule has 0 atom stereocenters. The van der Waals surface area contributed by atoms with Crippen molar-refractivity contribution < 1.29 is 19.1 Å². The van der Waals surface area contributed by atoms with Gasteiger partial charge in [-0.1, -0.05) is 41.1 Å². The molecule has 1 aromatic heterocycles. The van der Waals surface area contributed by atoms with E-state index in [1.807, 2.05) is 59.0 Å². The lowest BCUT2D eigenvalue weighted by Gasteiger charge is -2.39. The van der Waals surface area contributed by atoms with Crippen LogP contribution in [0, 0.1) is 0 Å². The predicted octanol–water partition coefficient (Wildman–Crippen LogP) is 4.28. The van der Waals surface area contributed by atoms with Crippen molar-refractivity contribution in [1.29, 1.82) is 0 Å². The standard InChI is InChI=1S/C24H26BrN3O4/c1-3-23(29)27-13-18(14-27)28-21(19-12-17(25)9-10-20(19)26-28)15-32-22-8-6-5-7-16(22)11-24(30)31-4-2/h5-10,12,18H,3-4,11,13-15H2,1-2H3. The van der Waals surface area contributed by atoms with E-state index < -0.39 is 0 Å². The number of esters is 1. The lowest BCUT2D eigenvalue weighted by molar-refractivity contribution is -0.142. The van der Waals surface area contributed by atoms with E-state index in [2.05, 4.69) is 15.9 Å². The Balaban J connectivity index is 1.59. The molecule has 7 nitrogen and oxygen atoms in total. The van der Waals surface area contributed by atoms with Gasteiger partial charge in [0, 0.05) is 34.9 Å². The van der Waals surface area contributed by atoms with E-state index in [-0.39, 0.29) is 24.3 Å². The molecule has 3 aromatic rings. The fourth-order valence-electron chi connectivity index (χ4n) is 3.91. The monoisotopic (exact) mass is 499 g/mol. The van der Waals surface area contributed by atoms with E-state index in [0.717, 1.165) is 26.6 Å². The topological polar surface area (TPSA) is 73.7 Å². The molecule has 0 spiro atoms. The highest BCUT2D eigenvalue weighted by molar-refractivity contribution is 9.10. The molecule has 1 fully saturated rings. The third kappa shape index (κ3) is 4.65. The van der Waals surface area contributed by atoms with Crippen molar-refractivity contribution in [1.82, 2.24) is 14.7 Å². The minimum atomic E-state index is -0.280. The molecule has 168 valence electrons. The number of likely N-dealkylation sites (tertiary alicyclic amines) is 1. The minimum Gasteiger partial charge on any atom is -0.487 e. The van der Waals surface area contributed by atoms with Crippen LogP contribution in [0.15, 0.2) is 46.9 Å². The van der Waals surface area contributed by atoms with Crippen LogP contribution in [-0.2, 0) is 27.4 Å². The van der Waals surface area contributed by atoms with Gasteiger partial charge in [-0.15, -0.1) is 0 Å². The van der Waals surface area contributed by atoms with Crippen LogP contribution in [0.25, 0.3) is 10.9 Å². The molecule has 1 amide bonds. The summed E-state index contributed by atoms with van der Waals surface area (Å²) in [5.41, 5.74) is 2.61. The maximum absolute atomic E-state index is 12.0. The minimum absolute atomic E-state index is 0.116. The summed E-state index contributed by atoms with van der Waals surface area (Å²) in [5, 5.41) is 5.81. The zero-order chi connectivity index (χ0) is 22.7. The molecular formula is C24H26BrN3O4. The average molecular weight is 500 g/mol. The van der Waals surface area contributed by atoms with E-state index >= 15 is 0 Å². The number of aromatic nitrogens is 2. The van der Waals surface area contributed by atoms with E-state index in [1.54, 1.807) is 6.92 Å². The number of carbonyl (C=O) groups is 2. The predicted molar refractivity (Wildman–Crippen MR) is 124 cm³/mol. The maximum atomic E-state index is 12.0. The number of carbonyl (C=O) groups excluding carboxylic acids is 2. The van der Waals surface area contributed by atoms with Gasteiger partial charge >= 0.3 is 5.97 Å². The first-order chi connectivity index (χ1) is 15.5. The summed E-state index contributed by atoms with van der Waals surface area (Å²) >= 11 is 3.55. The highest BCUT2D eigenvalue weighted by Gasteiger charge is 2.33. The normalized spacial score (nSPS) is 13.8. The van der Waals surface area contributed by atoms with Crippen LogP contribution in [-0.4, -0.2) is 46.3 Å². The SMILES string of the molecule is CCOC(=O)Cc1ccccc1OCc1c2cc(Br)ccc2nn1C1CN(C(=O)CC)C1. The van der Waals surface area contributed by atoms with E-state index in [9.17, 15) is 9.59 Å².